The summed E-state index contributed by atoms with van der Waals surface area (Å²) in [6, 6.07) is 16.9. The Morgan fingerprint density at radius 1 is 0.571 bits per heavy atom. The topological polar surface area (TPSA) is 88.1 Å². The predicted octanol–water partition coefficient (Wildman–Crippen LogP) is 2.30. The number of hydrogen-bond donors (Lipinski definition) is 0. The Labute approximate surface area is 163 Å². The van der Waals surface area contributed by atoms with Crippen LogP contribution in [0.2, 0.25) is 0 Å². The minimum Gasteiger partial charge on any atom is -0.460 e. The molecule has 0 radical (unpaired) electrons. The summed E-state index contributed by atoms with van der Waals surface area (Å²) in [4.78, 5) is 35.1. The standard InChI is InChI=1S/C21H22O7/c22-19(17-7-3-1-4-8-17)21(24)28-16-14-26-12-11-25-13-15-27-20(23)18-9-5-2-6-10-18/h1-10H,11-16H2. The summed E-state index contributed by atoms with van der Waals surface area (Å²) in [5.41, 5.74) is 0.779. The van der Waals surface area contributed by atoms with Gasteiger partial charge >= 0.3 is 11.9 Å². The average molecular weight is 386 g/mol. The highest BCUT2D eigenvalue weighted by molar-refractivity contribution is 6.40. The fraction of sp³-hybridized carbons (Fsp3) is 0.286. The maximum absolute atomic E-state index is 11.8. The summed E-state index contributed by atoms with van der Waals surface area (Å²) in [7, 11) is 0. The Hall–Kier alpha value is -3.03. The van der Waals surface area contributed by atoms with Gasteiger partial charge in [0.1, 0.15) is 13.2 Å². The monoisotopic (exact) mass is 386 g/mol. The van der Waals surface area contributed by atoms with Gasteiger partial charge < -0.3 is 18.9 Å². The first kappa shape index (κ1) is 21.3. The van der Waals surface area contributed by atoms with Crippen molar-refractivity contribution in [2.45, 2.75) is 0 Å². The molecule has 0 N–H and O–H groups in total. The second kappa shape index (κ2) is 12.4. The van der Waals surface area contributed by atoms with E-state index in [1.165, 1.54) is 0 Å². The van der Waals surface area contributed by atoms with E-state index in [-0.39, 0.29) is 38.6 Å². The lowest BCUT2D eigenvalue weighted by Gasteiger charge is -2.07. The minimum absolute atomic E-state index is 0.0217. The number of carbonyl (C=O) groups is 3. The molecule has 7 nitrogen and oxygen atoms in total. The first-order chi connectivity index (χ1) is 13.7. The van der Waals surface area contributed by atoms with E-state index >= 15 is 0 Å². The Balaban J connectivity index is 1.44. The van der Waals surface area contributed by atoms with Gasteiger partial charge in [-0.25, -0.2) is 9.59 Å². The van der Waals surface area contributed by atoms with E-state index < -0.39 is 17.7 Å². The first-order valence-electron chi connectivity index (χ1n) is 8.82. The molecular weight excluding hydrogens is 364 g/mol. The molecule has 0 bridgehead atoms. The summed E-state index contributed by atoms with van der Waals surface area (Å²) in [6.45, 7) is 1.12. The normalized spacial score (nSPS) is 10.3. The maximum Gasteiger partial charge on any atom is 0.379 e. The number of hydrogen-bond acceptors (Lipinski definition) is 7. The third-order valence-corrected chi connectivity index (χ3v) is 3.52. The SMILES string of the molecule is O=C(OCCOCCOCCOC(=O)c1ccccc1)C(=O)c1ccccc1. The van der Waals surface area contributed by atoms with Crippen LogP contribution in [-0.4, -0.2) is 57.4 Å². The van der Waals surface area contributed by atoms with Crippen molar-refractivity contribution in [2.24, 2.45) is 0 Å². The van der Waals surface area contributed by atoms with E-state index in [2.05, 4.69) is 0 Å². The summed E-state index contributed by atoms with van der Waals surface area (Å²) < 4.78 is 20.4. The molecule has 2 rings (SSSR count). The molecular formula is C21H22O7. The van der Waals surface area contributed by atoms with Crippen LogP contribution in [0.15, 0.2) is 60.7 Å². The third-order valence-electron chi connectivity index (χ3n) is 3.52. The van der Waals surface area contributed by atoms with E-state index in [9.17, 15) is 14.4 Å². The lowest BCUT2D eigenvalue weighted by Crippen LogP contribution is -2.20. The van der Waals surface area contributed by atoms with Crippen molar-refractivity contribution in [3.63, 3.8) is 0 Å². The number of ether oxygens (including phenoxy) is 4. The number of ketones is 1. The van der Waals surface area contributed by atoms with Gasteiger partial charge in [0.25, 0.3) is 5.78 Å². The van der Waals surface area contributed by atoms with Crippen molar-refractivity contribution in [3.05, 3.63) is 71.8 Å². The van der Waals surface area contributed by atoms with E-state index in [4.69, 9.17) is 18.9 Å². The molecule has 2 aromatic rings. The molecule has 0 aliphatic rings. The number of benzene rings is 2. The molecule has 0 aliphatic carbocycles. The maximum atomic E-state index is 11.8. The molecule has 7 heteroatoms. The molecule has 28 heavy (non-hydrogen) atoms. The van der Waals surface area contributed by atoms with Gasteiger partial charge in [-0.05, 0) is 12.1 Å². The Morgan fingerprint density at radius 2 is 1.04 bits per heavy atom. The molecule has 0 spiro atoms. The van der Waals surface area contributed by atoms with Crippen LogP contribution in [0.25, 0.3) is 0 Å². The van der Waals surface area contributed by atoms with Crippen LogP contribution in [-0.2, 0) is 23.7 Å². The Kier molecular flexibility index (Phi) is 9.40. The van der Waals surface area contributed by atoms with Gasteiger partial charge in [0, 0.05) is 5.56 Å². The second-order valence-electron chi connectivity index (χ2n) is 5.56. The van der Waals surface area contributed by atoms with Crippen molar-refractivity contribution in [1.82, 2.24) is 0 Å². The number of Topliss-reactive ketones (excluding diaryl/α,β-unsaturated/α-hetero) is 1. The Bertz CT molecular complexity index is 744. The van der Waals surface area contributed by atoms with Crippen LogP contribution in [0.4, 0.5) is 0 Å². The summed E-state index contributed by atoms with van der Waals surface area (Å²) in [6.07, 6.45) is 0. The van der Waals surface area contributed by atoms with Crippen molar-refractivity contribution in [1.29, 1.82) is 0 Å². The first-order valence-corrected chi connectivity index (χ1v) is 8.82. The smallest absolute Gasteiger partial charge is 0.379 e. The quantitative estimate of drug-likeness (QED) is 0.239. The molecule has 0 fully saturated rings. The summed E-state index contributed by atoms with van der Waals surface area (Å²) in [5.74, 6) is -1.99. The largest absolute Gasteiger partial charge is 0.460 e. The minimum atomic E-state index is -0.911. The molecule has 0 aromatic heterocycles. The van der Waals surface area contributed by atoms with Crippen LogP contribution in [0.3, 0.4) is 0 Å². The van der Waals surface area contributed by atoms with Gasteiger partial charge in [0.05, 0.1) is 32.0 Å². The third kappa shape index (κ3) is 7.69. The predicted molar refractivity (Wildman–Crippen MR) is 100 cm³/mol. The lowest BCUT2D eigenvalue weighted by atomic mass is 10.1. The molecule has 0 aliphatic heterocycles. The molecule has 148 valence electrons. The van der Waals surface area contributed by atoms with Crippen LogP contribution in [0, 0.1) is 0 Å². The molecule has 2 aromatic carbocycles. The fourth-order valence-corrected chi connectivity index (χ4v) is 2.14. The average Bonchev–Trinajstić information content (AvgIpc) is 2.75. The fourth-order valence-electron chi connectivity index (χ4n) is 2.14. The van der Waals surface area contributed by atoms with E-state index in [1.807, 2.05) is 6.07 Å². The van der Waals surface area contributed by atoms with Crippen LogP contribution in [0.1, 0.15) is 20.7 Å². The van der Waals surface area contributed by atoms with Crippen LogP contribution in [0.5, 0.6) is 0 Å². The Morgan fingerprint density at radius 3 is 1.61 bits per heavy atom. The van der Waals surface area contributed by atoms with Crippen molar-refractivity contribution in [3.8, 4) is 0 Å². The number of carbonyl (C=O) groups excluding carboxylic acids is 3. The molecule has 0 atom stereocenters. The van der Waals surface area contributed by atoms with Gasteiger partial charge in [-0.3, -0.25) is 4.79 Å². The van der Waals surface area contributed by atoms with Gasteiger partial charge in [0.15, 0.2) is 0 Å². The van der Waals surface area contributed by atoms with Gasteiger partial charge in [-0.15, -0.1) is 0 Å². The number of rotatable bonds is 12. The molecule has 0 saturated carbocycles. The van der Waals surface area contributed by atoms with Crippen molar-refractivity contribution >= 4 is 17.7 Å². The summed E-state index contributed by atoms with van der Waals surface area (Å²) in [5, 5.41) is 0. The second-order valence-corrected chi connectivity index (χ2v) is 5.56. The van der Waals surface area contributed by atoms with Gasteiger partial charge in [-0.1, -0.05) is 48.5 Å². The zero-order valence-corrected chi connectivity index (χ0v) is 15.4. The molecule has 0 saturated heterocycles. The molecule has 0 unspecified atom stereocenters. The molecule has 0 amide bonds. The van der Waals surface area contributed by atoms with Gasteiger partial charge in [0.2, 0.25) is 0 Å². The number of esters is 2. The van der Waals surface area contributed by atoms with E-state index in [0.29, 0.717) is 12.2 Å². The highest BCUT2D eigenvalue weighted by Gasteiger charge is 2.17. The highest BCUT2D eigenvalue weighted by atomic mass is 16.6. The van der Waals surface area contributed by atoms with Crippen LogP contribution < -0.4 is 0 Å². The van der Waals surface area contributed by atoms with E-state index in [1.54, 1.807) is 54.6 Å². The lowest BCUT2D eigenvalue weighted by molar-refractivity contribution is -0.139. The zero-order valence-electron chi connectivity index (χ0n) is 15.4. The van der Waals surface area contributed by atoms with Crippen molar-refractivity contribution < 1.29 is 33.3 Å². The highest BCUT2D eigenvalue weighted by Crippen LogP contribution is 2.02. The zero-order chi connectivity index (χ0) is 20.0. The summed E-state index contributed by atoms with van der Waals surface area (Å²) >= 11 is 0. The van der Waals surface area contributed by atoms with Gasteiger partial charge in [-0.2, -0.15) is 0 Å². The van der Waals surface area contributed by atoms with Crippen molar-refractivity contribution in [2.75, 3.05) is 39.6 Å². The van der Waals surface area contributed by atoms with Crippen LogP contribution >= 0.6 is 0 Å². The van der Waals surface area contributed by atoms with E-state index in [0.717, 1.165) is 0 Å². The molecule has 0 heterocycles.